The highest BCUT2D eigenvalue weighted by Crippen LogP contribution is 2.35. The molecule has 35 heavy (non-hydrogen) atoms. The average Bonchev–Trinajstić information content (AvgIpc) is 3.54. The van der Waals surface area contributed by atoms with Gasteiger partial charge < -0.3 is 10.6 Å². The molecule has 0 radical (unpaired) electrons. The molecule has 4 heterocycles. The van der Waals surface area contributed by atoms with Gasteiger partial charge in [0.2, 0.25) is 0 Å². The minimum Gasteiger partial charge on any atom is -0.383 e. The van der Waals surface area contributed by atoms with E-state index in [0.29, 0.717) is 18.3 Å². The Balaban J connectivity index is 1.53. The fraction of sp³-hybridized carbons (Fsp3) is 0.286. The number of aromatic nitrogens is 5. The summed E-state index contributed by atoms with van der Waals surface area (Å²) in [4.78, 5) is 16.3. The Labute approximate surface area is 204 Å². The van der Waals surface area contributed by atoms with E-state index in [1.54, 1.807) is 0 Å². The van der Waals surface area contributed by atoms with Crippen LogP contribution in [0.3, 0.4) is 0 Å². The molecule has 2 N–H and O–H groups in total. The van der Waals surface area contributed by atoms with Gasteiger partial charge in [0.1, 0.15) is 23.7 Å². The second-order valence-corrected chi connectivity index (χ2v) is 9.56. The van der Waals surface area contributed by atoms with E-state index < -0.39 is 0 Å². The Kier molecular flexibility index (Phi) is 5.32. The minimum atomic E-state index is 0.351. The molecule has 2 aromatic carbocycles. The van der Waals surface area contributed by atoms with E-state index in [-0.39, 0.29) is 0 Å². The van der Waals surface area contributed by atoms with Crippen LogP contribution in [0.1, 0.15) is 43.7 Å². The third-order valence-electron chi connectivity index (χ3n) is 6.94. The van der Waals surface area contributed by atoms with E-state index in [2.05, 4.69) is 71.2 Å². The van der Waals surface area contributed by atoms with Crippen molar-refractivity contribution in [1.29, 1.82) is 0 Å². The van der Waals surface area contributed by atoms with Crippen molar-refractivity contribution in [1.82, 2.24) is 24.7 Å². The van der Waals surface area contributed by atoms with E-state index in [1.807, 2.05) is 16.8 Å². The van der Waals surface area contributed by atoms with Crippen molar-refractivity contribution in [3.63, 3.8) is 0 Å². The lowest BCUT2D eigenvalue weighted by atomic mass is 9.94. The van der Waals surface area contributed by atoms with Gasteiger partial charge in [-0.25, -0.2) is 19.6 Å². The summed E-state index contributed by atoms with van der Waals surface area (Å²) in [5, 5.41) is 7.03. The van der Waals surface area contributed by atoms with E-state index in [4.69, 9.17) is 15.8 Å². The SMILES string of the molecule is CC(C)c1ccccc1-c1nn(Cc2cc(N3CCCC3)nc3ccccc23)c2ncnc(N)c12. The Morgan fingerprint density at radius 2 is 1.74 bits per heavy atom. The normalized spacial score (nSPS) is 14.0. The Bertz CT molecular complexity index is 1530. The number of rotatable bonds is 5. The molecule has 0 aliphatic carbocycles. The number of nitrogens with two attached hydrogens (primary N) is 1. The summed E-state index contributed by atoms with van der Waals surface area (Å²) in [7, 11) is 0. The van der Waals surface area contributed by atoms with Crippen molar-refractivity contribution >= 4 is 33.6 Å². The molecule has 5 aromatic rings. The number of benzene rings is 2. The summed E-state index contributed by atoms with van der Waals surface area (Å²) >= 11 is 0. The third-order valence-corrected chi connectivity index (χ3v) is 6.94. The van der Waals surface area contributed by atoms with Crippen molar-refractivity contribution in [2.24, 2.45) is 0 Å². The fourth-order valence-electron chi connectivity index (χ4n) is 5.18. The first-order valence-corrected chi connectivity index (χ1v) is 12.3. The molecule has 0 atom stereocenters. The van der Waals surface area contributed by atoms with E-state index in [0.717, 1.165) is 52.1 Å². The smallest absolute Gasteiger partial charge is 0.164 e. The third kappa shape index (κ3) is 3.77. The Morgan fingerprint density at radius 3 is 2.57 bits per heavy atom. The fourth-order valence-corrected chi connectivity index (χ4v) is 5.18. The maximum Gasteiger partial charge on any atom is 0.164 e. The van der Waals surface area contributed by atoms with Crippen LogP contribution in [0.25, 0.3) is 33.2 Å². The van der Waals surface area contributed by atoms with Gasteiger partial charge in [0.15, 0.2) is 5.65 Å². The molecule has 0 spiro atoms. The number of fused-ring (bicyclic) bond motifs is 2. The summed E-state index contributed by atoms with van der Waals surface area (Å²) in [6.45, 7) is 7.06. The molecule has 7 nitrogen and oxygen atoms in total. The lowest BCUT2D eigenvalue weighted by Gasteiger charge is -2.19. The number of pyridine rings is 1. The lowest BCUT2D eigenvalue weighted by Crippen LogP contribution is -2.19. The Morgan fingerprint density at radius 1 is 0.971 bits per heavy atom. The number of hydrogen-bond donors (Lipinski definition) is 1. The highest BCUT2D eigenvalue weighted by Gasteiger charge is 2.21. The van der Waals surface area contributed by atoms with Crippen LogP contribution >= 0.6 is 0 Å². The number of para-hydroxylation sites is 1. The van der Waals surface area contributed by atoms with Crippen LogP contribution in [0.4, 0.5) is 11.6 Å². The number of hydrogen-bond acceptors (Lipinski definition) is 6. The van der Waals surface area contributed by atoms with E-state index in [1.165, 1.54) is 30.3 Å². The van der Waals surface area contributed by atoms with E-state index in [9.17, 15) is 0 Å². The minimum absolute atomic E-state index is 0.351. The maximum atomic E-state index is 6.40. The van der Waals surface area contributed by atoms with Gasteiger partial charge in [0.25, 0.3) is 0 Å². The Hall–Kier alpha value is -4.00. The van der Waals surface area contributed by atoms with Gasteiger partial charge in [-0.3, -0.25) is 0 Å². The van der Waals surface area contributed by atoms with Gasteiger partial charge in [-0.2, -0.15) is 5.10 Å². The molecule has 1 aliphatic rings. The number of anilines is 2. The van der Waals surface area contributed by atoms with Crippen LogP contribution in [0, 0.1) is 0 Å². The molecule has 0 bridgehead atoms. The van der Waals surface area contributed by atoms with Crippen LogP contribution in [0.5, 0.6) is 0 Å². The number of nitrogen functional groups attached to an aromatic ring is 1. The second kappa shape index (κ2) is 8.65. The van der Waals surface area contributed by atoms with Gasteiger partial charge >= 0.3 is 0 Å². The summed E-state index contributed by atoms with van der Waals surface area (Å²) in [5.41, 5.74) is 12.5. The predicted octanol–water partition coefficient (Wildman–Crippen LogP) is 5.40. The van der Waals surface area contributed by atoms with Crippen LogP contribution in [-0.2, 0) is 6.54 Å². The first-order chi connectivity index (χ1) is 17.1. The second-order valence-electron chi connectivity index (χ2n) is 9.56. The molecule has 176 valence electrons. The molecule has 3 aromatic heterocycles. The highest BCUT2D eigenvalue weighted by atomic mass is 15.3. The standard InChI is InChI=1S/C28H29N7/c1-18(2)20-9-3-4-11-22(20)26-25-27(29)30-17-31-28(25)35(33-26)16-19-15-24(34-13-7-8-14-34)32-23-12-6-5-10-21(19)23/h3-6,9-12,15,17-18H,7-8,13-14,16H2,1-2H3,(H2,29,30,31). The topological polar surface area (TPSA) is 85.8 Å². The van der Waals surface area contributed by atoms with Crippen LogP contribution in [-0.4, -0.2) is 37.8 Å². The van der Waals surface area contributed by atoms with Crippen LogP contribution < -0.4 is 10.6 Å². The summed E-state index contributed by atoms with van der Waals surface area (Å²) in [5.74, 6) is 1.84. The zero-order chi connectivity index (χ0) is 23.9. The predicted molar refractivity (Wildman–Crippen MR) is 142 cm³/mol. The van der Waals surface area contributed by atoms with Gasteiger partial charge in [-0.1, -0.05) is 56.3 Å². The summed E-state index contributed by atoms with van der Waals surface area (Å²) in [6, 6.07) is 18.9. The quantitative estimate of drug-likeness (QED) is 0.376. The van der Waals surface area contributed by atoms with Gasteiger partial charge in [0, 0.05) is 24.0 Å². The van der Waals surface area contributed by atoms with Crippen molar-refractivity contribution < 1.29 is 0 Å². The van der Waals surface area contributed by atoms with Crippen LogP contribution in [0.15, 0.2) is 60.9 Å². The van der Waals surface area contributed by atoms with Gasteiger partial charge in [0.05, 0.1) is 17.4 Å². The van der Waals surface area contributed by atoms with Gasteiger partial charge in [-0.15, -0.1) is 0 Å². The molecular weight excluding hydrogens is 434 g/mol. The van der Waals surface area contributed by atoms with Gasteiger partial charge in [-0.05, 0) is 42.0 Å². The molecular formula is C28H29N7. The first kappa shape index (κ1) is 21.5. The number of nitrogens with zero attached hydrogens (tertiary/aromatic N) is 6. The van der Waals surface area contributed by atoms with Crippen molar-refractivity contribution in [3.8, 4) is 11.3 Å². The highest BCUT2D eigenvalue weighted by molar-refractivity contribution is 5.99. The summed E-state index contributed by atoms with van der Waals surface area (Å²) in [6.07, 6.45) is 3.94. The van der Waals surface area contributed by atoms with Crippen molar-refractivity contribution in [2.45, 2.75) is 39.2 Å². The van der Waals surface area contributed by atoms with Crippen molar-refractivity contribution in [3.05, 3.63) is 72.1 Å². The molecule has 1 fully saturated rings. The largest absolute Gasteiger partial charge is 0.383 e. The molecule has 7 heteroatoms. The average molecular weight is 464 g/mol. The van der Waals surface area contributed by atoms with Crippen LogP contribution in [0.2, 0.25) is 0 Å². The zero-order valence-corrected chi connectivity index (χ0v) is 20.1. The van der Waals surface area contributed by atoms with Crippen molar-refractivity contribution in [2.75, 3.05) is 23.7 Å². The molecule has 1 aliphatic heterocycles. The lowest BCUT2D eigenvalue weighted by molar-refractivity contribution is 0.708. The van der Waals surface area contributed by atoms with E-state index >= 15 is 0 Å². The summed E-state index contributed by atoms with van der Waals surface area (Å²) < 4.78 is 1.97. The maximum absolute atomic E-state index is 6.40. The molecule has 0 unspecified atom stereocenters. The molecule has 6 rings (SSSR count). The first-order valence-electron chi connectivity index (χ1n) is 12.3. The molecule has 1 saturated heterocycles. The molecule has 0 amide bonds. The zero-order valence-electron chi connectivity index (χ0n) is 20.1. The molecule has 0 saturated carbocycles. The monoisotopic (exact) mass is 463 g/mol.